The Hall–Kier alpha value is -4.68. The van der Waals surface area contributed by atoms with E-state index in [4.69, 9.17) is 0 Å². The van der Waals surface area contributed by atoms with Gasteiger partial charge in [0, 0.05) is 46.9 Å². The fourth-order valence-electron chi connectivity index (χ4n) is 4.06. The van der Waals surface area contributed by atoms with Crippen molar-refractivity contribution in [3.05, 3.63) is 107 Å². The minimum atomic E-state index is -0.282. The Kier molecular flexibility index (Phi) is 6.93. The van der Waals surface area contributed by atoms with E-state index in [0.717, 1.165) is 38.9 Å². The molecule has 0 fully saturated rings. The van der Waals surface area contributed by atoms with E-state index in [9.17, 15) is 9.59 Å². The van der Waals surface area contributed by atoms with Crippen molar-refractivity contribution in [1.29, 1.82) is 0 Å². The number of imidazole rings is 2. The SMILES string of the molecule is O=C(NCc1cn2ccsc2n1)Nc1ccc(Cc2ccc(NC(=O)NCc3cn4ccsc4n3)cc2)cc1. The Morgan fingerprint density at radius 2 is 1.10 bits per heavy atom. The summed E-state index contributed by atoms with van der Waals surface area (Å²) in [6, 6.07) is 14.9. The second-order valence-corrected chi connectivity index (χ2v) is 10.6. The average molecular weight is 557 g/mol. The van der Waals surface area contributed by atoms with Crippen molar-refractivity contribution in [2.24, 2.45) is 0 Å². The van der Waals surface area contributed by atoms with Crippen molar-refractivity contribution in [1.82, 2.24) is 29.4 Å². The van der Waals surface area contributed by atoms with Gasteiger partial charge in [-0.3, -0.25) is 8.80 Å². The molecule has 0 bridgehead atoms. The Labute approximate surface area is 231 Å². The molecular formula is C27H24N8O2S2. The van der Waals surface area contributed by atoms with Crippen molar-refractivity contribution in [2.45, 2.75) is 19.5 Å². The maximum atomic E-state index is 12.3. The number of hydrogen-bond donors (Lipinski definition) is 4. The number of anilines is 2. The zero-order valence-electron chi connectivity index (χ0n) is 20.6. The predicted molar refractivity (Wildman–Crippen MR) is 154 cm³/mol. The van der Waals surface area contributed by atoms with Crippen LogP contribution in [0.25, 0.3) is 9.92 Å². The summed E-state index contributed by atoms with van der Waals surface area (Å²) in [5.41, 5.74) is 5.26. The third kappa shape index (κ3) is 6.08. The number of thiazole rings is 2. The number of nitrogens with zero attached hydrogens (tertiary/aromatic N) is 4. The minimum Gasteiger partial charge on any atom is -0.332 e. The first kappa shape index (κ1) is 24.6. The molecule has 4 aromatic heterocycles. The van der Waals surface area contributed by atoms with Crippen LogP contribution >= 0.6 is 22.7 Å². The summed E-state index contributed by atoms with van der Waals surface area (Å²) in [6.07, 6.45) is 8.42. The number of fused-ring (bicyclic) bond motifs is 2. The summed E-state index contributed by atoms with van der Waals surface area (Å²) < 4.78 is 3.87. The lowest BCUT2D eigenvalue weighted by Gasteiger charge is -2.09. The minimum absolute atomic E-state index is 0.282. The highest BCUT2D eigenvalue weighted by molar-refractivity contribution is 7.15. The molecule has 0 aliphatic rings. The van der Waals surface area contributed by atoms with E-state index in [2.05, 4.69) is 31.2 Å². The van der Waals surface area contributed by atoms with Crippen LogP contribution < -0.4 is 21.3 Å². The summed E-state index contributed by atoms with van der Waals surface area (Å²) in [5, 5.41) is 15.3. The second kappa shape index (κ2) is 11.0. The van der Waals surface area contributed by atoms with Crippen molar-refractivity contribution < 1.29 is 9.59 Å². The van der Waals surface area contributed by atoms with E-state index in [1.165, 1.54) is 0 Å². The van der Waals surface area contributed by atoms with Gasteiger partial charge in [0.25, 0.3) is 0 Å². The monoisotopic (exact) mass is 556 g/mol. The number of carbonyl (C=O) groups excluding carboxylic acids is 2. The largest absolute Gasteiger partial charge is 0.332 e. The molecule has 0 saturated carbocycles. The molecule has 2 aromatic carbocycles. The zero-order chi connectivity index (χ0) is 26.6. The van der Waals surface area contributed by atoms with Crippen LogP contribution in [0.5, 0.6) is 0 Å². The molecule has 4 amide bonds. The maximum absolute atomic E-state index is 12.3. The van der Waals surface area contributed by atoms with Crippen molar-refractivity contribution in [2.75, 3.05) is 10.6 Å². The van der Waals surface area contributed by atoms with E-state index >= 15 is 0 Å². The van der Waals surface area contributed by atoms with E-state index in [1.54, 1.807) is 22.7 Å². The fraction of sp³-hybridized carbons (Fsp3) is 0.111. The van der Waals surface area contributed by atoms with E-state index in [-0.39, 0.29) is 12.1 Å². The molecule has 196 valence electrons. The van der Waals surface area contributed by atoms with Gasteiger partial charge >= 0.3 is 12.1 Å². The first-order chi connectivity index (χ1) is 19.1. The van der Waals surface area contributed by atoms with Crippen molar-refractivity contribution in [3.8, 4) is 0 Å². The summed E-state index contributed by atoms with van der Waals surface area (Å²) in [4.78, 5) is 35.3. The van der Waals surface area contributed by atoms with Gasteiger partial charge in [-0.05, 0) is 41.8 Å². The number of carbonyl (C=O) groups is 2. The molecular weight excluding hydrogens is 532 g/mol. The quantitative estimate of drug-likeness (QED) is 0.202. The molecule has 0 spiro atoms. The summed E-state index contributed by atoms with van der Waals surface area (Å²) in [7, 11) is 0. The fourth-order valence-corrected chi connectivity index (χ4v) is 5.50. The molecule has 0 aliphatic heterocycles. The van der Waals surface area contributed by atoms with E-state index in [0.29, 0.717) is 24.5 Å². The van der Waals surface area contributed by atoms with Gasteiger partial charge in [-0.1, -0.05) is 24.3 Å². The third-order valence-corrected chi connectivity index (χ3v) is 7.52. The highest BCUT2D eigenvalue weighted by Crippen LogP contribution is 2.17. The molecule has 0 aliphatic carbocycles. The molecule has 0 saturated heterocycles. The van der Waals surface area contributed by atoms with Crippen LogP contribution in [-0.4, -0.2) is 30.8 Å². The summed E-state index contributed by atoms with van der Waals surface area (Å²) in [5.74, 6) is 0. The normalized spacial score (nSPS) is 11.1. The smallest absolute Gasteiger partial charge is 0.319 e. The lowest BCUT2D eigenvalue weighted by Crippen LogP contribution is -2.28. The lowest BCUT2D eigenvalue weighted by atomic mass is 10.0. The van der Waals surface area contributed by atoms with Gasteiger partial charge in [0.15, 0.2) is 9.92 Å². The van der Waals surface area contributed by atoms with E-state index < -0.39 is 0 Å². The number of hydrogen-bond acceptors (Lipinski definition) is 6. The van der Waals surface area contributed by atoms with Crippen molar-refractivity contribution >= 4 is 56.0 Å². The number of rotatable bonds is 8. The first-order valence-corrected chi connectivity index (χ1v) is 13.9. The zero-order valence-corrected chi connectivity index (χ0v) is 22.3. The topological polar surface area (TPSA) is 117 Å². The standard InChI is InChI=1S/C27H24N8O2S2/c36-24(28-14-22-16-34-9-11-38-26(34)32-22)30-20-5-1-18(2-6-20)13-19-3-7-21(8-4-19)31-25(37)29-15-23-17-35-10-12-39-27(35)33-23/h1-12,16-17H,13-15H2,(H2,28,30,36)(H2,29,31,37). The molecule has 0 unspecified atom stereocenters. The van der Waals surface area contributed by atoms with Crippen LogP contribution in [0.4, 0.5) is 21.0 Å². The maximum Gasteiger partial charge on any atom is 0.319 e. The second-order valence-electron chi connectivity index (χ2n) is 8.84. The van der Waals surface area contributed by atoms with Gasteiger partial charge in [0.05, 0.1) is 24.5 Å². The number of nitrogens with one attached hydrogen (secondary N) is 4. The van der Waals surface area contributed by atoms with Crippen LogP contribution in [-0.2, 0) is 19.5 Å². The molecule has 4 N–H and O–H groups in total. The van der Waals surface area contributed by atoms with Gasteiger partial charge in [0.1, 0.15) is 0 Å². The Balaban J connectivity index is 0.946. The van der Waals surface area contributed by atoms with Crippen LogP contribution in [0.15, 0.2) is 84.1 Å². The van der Waals surface area contributed by atoms with Gasteiger partial charge in [0.2, 0.25) is 0 Å². The summed E-state index contributed by atoms with van der Waals surface area (Å²) in [6.45, 7) is 0.711. The highest BCUT2D eigenvalue weighted by Gasteiger charge is 2.08. The molecule has 39 heavy (non-hydrogen) atoms. The number of urea groups is 2. The van der Waals surface area contributed by atoms with Crippen LogP contribution in [0.3, 0.4) is 0 Å². The van der Waals surface area contributed by atoms with E-state index in [1.807, 2.05) is 92.9 Å². The van der Waals surface area contributed by atoms with Gasteiger partial charge in [-0.25, -0.2) is 19.6 Å². The number of aromatic nitrogens is 4. The Morgan fingerprint density at radius 1 is 0.667 bits per heavy atom. The van der Waals surface area contributed by atoms with Gasteiger partial charge in [-0.2, -0.15) is 0 Å². The van der Waals surface area contributed by atoms with Gasteiger partial charge < -0.3 is 21.3 Å². The Morgan fingerprint density at radius 3 is 1.51 bits per heavy atom. The molecule has 0 radical (unpaired) electrons. The highest BCUT2D eigenvalue weighted by atomic mass is 32.1. The molecule has 6 rings (SSSR count). The summed E-state index contributed by atoms with van der Waals surface area (Å²) >= 11 is 3.11. The molecule has 0 atom stereocenters. The molecule has 10 nitrogen and oxygen atoms in total. The first-order valence-electron chi connectivity index (χ1n) is 12.2. The third-order valence-electron chi connectivity index (χ3n) is 5.98. The predicted octanol–water partition coefficient (Wildman–Crippen LogP) is 5.34. The van der Waals surface area contributed by atoms with Crippen molar-refractivity contribution in [3.63, 3.8) is 0 Å². The average Bonchev–Trinajstić information content (AvgIpc) is 3.70. The molecule has 12 heteroatoms. The lowest BCUT2D eigenvalue weighted by molar-refractivity contribution is 0.251. The van der Waals surface area contributed by atoms with Gasteiger partial charge in [-0.15, -0.1) is 22.7 Å². The number of benzene rings is 2. The Bertz CT molecular complexity index is 1550. The molecule has 4 heterocycles. The number of amides is 4. The molecule has 6 aromatic rings. The van der Waals surface area contributed by atoms with Crippen LogP contribution in [0, 0.1) is 0 Å². The van der Waals surface area contributed by atoms with Crippen LogP contribution in [0.2, 0.25) is 0 Å². The van der Waals surface area contributed by atoms with Crippen LogP contribution in [0.1, 0.15) is 22.5 Å².